The Morgan fingerprint density at radius 3 is 2.07 bits per heavy atom. The Labute approximate surface area is 166 Å². The summed E-state index contributed by atoms with van der Waals surface area (Å²) in [6.07, 6.45) is 0. The number of nitrogens with zero attached hydrogens (tertiary/aromatic N) is 1. The standard InChI is InChI=1S/C22H28N2O4/c1-6-26-19-13-18(14-20(27-7-2)21(19)28-8-3)22(25)24-23-16(5)17-11-9-10-15(4)12-17/h9-14H,6-8H2,1-5H3,(H,24,25). The minimum Gasteiger partial charge on any atom is -0.490 e. The van der Waals surface area contributed by atoms with Gasteiger partial charge in [0, 0.05) is 5.56 Å². The molecular formula is C22H28N2O4. The zero-order valence-electron chi connectivity index (χ0n) is 17.2. The number of amides is 1. The molecule has 6 heteroatoms. The van der Waals surface area contributed by atoms with Gasteiger partial charge in [-0.15, -0.1) is 0 Å². The first-order valence-corrected chi connectivity index (χ1v) is 9.48. The van der Waals surface area contributed by atoms with Crippen LogP contribution >= 0.6 is 0 Å². The number of rotatable bonds is 9. The summed E-state index contributed by atoms with van der Waals surface area (Å²) in [6.45, 7) is 10.9. The van der Waals surface area contributed by atoms with Crippen LogP contribution in [0.5, 0.6) is 17.2 Å². The van der Waals surface area contributed by atoms with Gasteiger partial charge in [-0.1, -0.05) is 29.8 Å². The van der Waals surface area contributed by atoms with Crippen molar-refractivity contribution in [3.05, 3.63) is 53.1 Å². The van der Waals surface area contributed by atoms with E-state index >= 15 is 0 Å². The Kier molecular flexibility index (Phi) is 7.87. The van der Waals surface area contributed by atoms with Crippen LogP contribution in [0.4, 0.5) is 0 Å². The molecule has 150 valence electrons. The maximum Gasteiger partial charge on any atom is 0.271 e. The Morgan fingerprint density at radius 1 is 0.929 bits per heavy atom. The number of carbonyl (C=O) groups excluding carboxylic acids is 1. The van der Waals surface area contributed by atoms with Gasteiger partial charge in [-0.2, -0.15) is 5.10 Å². The van der Waals surface area contributed by atoms with Crippen LogP contribution in [-0.2, 0) is 0 Å². The Hall–Kier alpha value is -3.02. The predicted molar refractivity (Wildman–Crippen MR) is 111 cm³/mol. The normalized spacial score (nSPS) is 11.1. The van der Waals surface area contributed by atoms with Crippen LogP contribution in [0.15, 0.2) is 41.5 Å². The van der Waals surface area contributed by atoms with Crippen molar-refractivity contribution in [2.24, 2.45) is 5.10 Å². The van der Waals surface area contributed by atoms with E-state index < -0.39 is 0 Å². The molecule has 0 saturated carbocycles. The van der Waals surface area contributed by atoms with Crippen molar-refractivity contribution < 1.29 is 19.0 Å². The lowest BCUT2D eigenvalue weighted by atomic mass is 10.1. The number of hydrazone groups is 1. The van der Waals surface area contributed by atoms with Gasteiger partial charge in [0.2, 0.25) is 5.75 Å². The maximum atomic E-state index is 12.7. The molecule has 0 heterocycles. The molecule has 0 bridgehead atoms. The molecule has 0 fully saturated rings. The summed E-state index contributed by atoms with van der Waals surface area (Å²) in [4.78, 5) is 12.7. The quantitative estimate of drug-likeness (QED) is 0.516. The minimum atomic E-state index is -0.350. The zero-order valence-corrected chi connectivity index (χ0v) is 17.2. The Balaban J connectivity index is 2.29. The molecule has 1 N–H and O–H groups in total. The van der Waals surface area contributed by atoms with Gasteiger partial charge in [-0.3, -0.25) is 4.79 Å². The topological polar surface area (TPSA) is 69.2 Å². The lowest BCUT2D eigenvalue weighted by Crippen LogP contribution is -2.20. The highest BCUT2D eigenvalue weighted by molar-refractivity contribution is 6.01. The van der Waals surface area contributed by atoms with Gasteiger partial charge in [-0.25, -0.2) is 5.43 Å². The van der Waals surface area contributed by atoms with Crippen LogP contribution in [0, 0.1) is 6.92 Å². The molecule has 2 aromatic carbocycles. The molecule has 0 aromatic heterocycles. The molecule has 0 atom stereocenters. The number of benzene rings is 2. The highest BCUT2D eigenvalue weighted by Gasteiger charge is 2.18. The first kappa shape index (κ1) is 21.3. The summed E-state index contributed by atoms with van der Waals surface area (Å²) < 4.78 is 17.0. The highest BCUT2D eigenvalue weighted by Crippen LogP contribution is 2.39. The first-order chi connectivity index (χ1) is 13.5. The molecular weight excluding hydrogens is 356 g/mol. The predicted octanol–water partition coefficient (Wildman–Crippen LogP) is 4.35. The lowest BCUT2D eigenvalue weighted by molar-refractivity contribution is 0.0953. The minimum absolute atomic E-state index is 0.350. The average molecular weight is 384 g/mol. The fraction of sp³-hybridized carbons (Fsp3) is 0.364. The molecule has 2 rings (SSSR count). The molecule has 1 amide bonds. The van der Waals surface area contributed by atoms with Crippen molar-refractivity contribution in [2.45, 2.75) is 34.6 Å². The molecule has 6 nitrogen and oxygen atoms in total. The number of nitrogens with one attached hydrogen (secondary N) is 1. The summed E-state index contributed by atoms with van der Waals surface area (Å²) >= 11 is 0. The summed E-state index contributed by atoms with van der Waals surface area (Å²) in [5.74, 6) is 1.10. The van der Waals surface area contributed by atoms with Crippen LogP contribution in [-0.4, -0.2) is 31.4 Å². The third-order valence-corrected chi connectivity index (χ3v) is 3.93. The molecule has 0 spiro atoms. The molecule has 0 aliphatic carbocycles. The van der Waals surface area contributed by atoms with Gasteiger partial charge >= 0.3 is 0 Å². The SMILES string of the molecule is CCOc1cc(C(=O)NN=C(C)c2cccc(C)c2)cc(OCC)c1OCC. The Bertz CT molecular complexity index is 819. The Morgan fingerprint density at radius 2 is 1.54 bits per heavy atom. The van der Waals surface area contributed by atoms with Crippen LogP contribution in [0.25, 0.3) is 0 Å². The molecule has 28 heavy (non-hydrogen) atoms. The van der Waals surface area contributed by atoms with Gasteiger partial charge in [-0.05, 0) is 52.3 Å². The van der Waals surface area contributed by atoms with E-state index in [1.165, 1.54) is 0 Å². The first-order valence-electron chi connectivity index (χ1n) is 9.48. The van der Waals surface area contributed by atoms with E-state index in [0.29, 0.717) is 42.6 Å². The second-order valence-corrected chi connectivity index (χ2v) is 6.11. The van der Waals surface area contributed by atoms with Crippen molar-refractivity contribution >= 4 is 11.6 Å². The van der Waals surface area contributed by atoms with Crippen LogP contribution in [0.2, 0.25) is 0 Å². The van der Waals surface area contributed by atoms with E-state index in [4.69, 9.17) is 14.2 Å². The van der Waals surface area contributed by atoms with Crippen LogP contribution in [0.1, 0.15) is 49.2 Å². The van der Waals surface area contributed by atoms with Gasteiger partial charge in [0.15, 0.2) is 11.5 Å². The van der Waals surface area contributed by atoms with E-state index in [1.54, 1.807) is 12.1 Å². The lowest BCUT2D eigenvalue weighted by Gasteiger charge is -2.16. The zero-order chi connectivity index (χ0) is 20.5. The molecule has 0 aliphatic heterocycles. The molecule has 0 radical (unpaired) electrons. The fourth-order valence-electron chi connectivity index (χ4n) is 2.65. The molecule has 0 unspecified atom stereocenters. The third kappa shape index (κ3) is 5.49. The molecule has 0 saturated heterocycles. The number of hydrogen-bond donors (Lipinski definition) is 1. The summed E-state index contributed by atoms with van der Waals surface area (Å²) in [7, 11) is 0. The number of ether oxygens (including phenoxy) is 3. The largest absolute Gasteiger partial charge is 0.490 e. The van der Waals surface area contributed by atoms with Crippen molar-refractivity contribution in [3.63, 3.8) is 0 Å². The van der Waals surface area contributed by atoms with Crippen molar-refractivity contribution in [2.75, 3.05) is 19.8 Å². The van der Waals surface area contributed by atoms with Crippen molar-refractivity contribution in [3.8, 4) is 17.2 Å². The molecule has 0 aliphatic rings. The van der Waals surface area contributed by atoms with E-state index in [-0.39, 0.29) is 5.91 Å². The number of aryl methyl sites for hydroxylation is 1. The van der Waals surface area contributed by atoms with Gasteiger partial charge in [0.25, 0.3) is 5.91 Å². The fourth-order valence-corrected chi connectivity index (χ4v) is 2.65. The van der Waals surface area contributed by atoms with Gasteiger partial charge in [0.05, 0.1) is 25.5 Å². The van der Waals surface area contributed by atoms with E-state index in [1.807, 2.05) is 58.9 Å². The monoisotopic (exact) mass is 384 g/mol. The van der Waals surface area contributed by atoms with Crippen molar-refractivity contribution in [1.82, 2.24) is 5.43 Å². The maximum absolute atomic E-state index is 12.7. The number of hydrogen-bond acceptors (Lipinski definition) is 5. The van der Waals surface area contributed by atoms with Crippen molar-refractivity contribution in [1.29, 1.82) is 0 Å². The second-order valence-electron chi connectivity index (χ2n) is 6.11. The summed E-state index contributed by atoms with van der Waals surface area (Å²) in [5, 5.41) is 4.23. The summed E-state index contributed by atoms with van der Waals surface area (Å²) in [6, 6.07) is 11.2. The summed E-state index contributed by atoms with van der Waals surface area (Å²) in [5.41, 5.74) is 5.80. The molecule has 2 aromatic rings. The van der Waals surface area contributed by atoms with Gasteiger partial charge < -0.3 is 14.2 Å². The van der Waals surface area contributed by atoms with E-state index in [9.17, 15) is 4.79 Å². The smallest absolute Gasteiger partial charge is 0.271 e. The van der Waals surface area contributed by atoms with E-state index in [0.717, 1.165) is 16.8 Å². The highest BCUT2D eigenvalue weighted by atomic mass is 16.5. The average Bonchev–Trinajstić information content (AvgIpc) is 2.68. The van der Waals surface area contributed by atoms with E-state index in [2.05, 4.69) is 10.5 Å². The van der Waals surface area contributed by atoms with Crippen LogP contribution in [0.3, 0.4) is 0 Å². The third-order valence-electron chi connectivity index (χ3n) is 3.93. The van der Waals surface area contributed by atoms with Gasteiger partial charge in [0.1, 0.15) is 0 Å². The second kappa shape index (κ2) is 10.3. The van der Waals surface area contributed by atoms with Crippen LogP contribution < -0.4 is 19.6 Å². The number of carbonyl (C=O) groups is 1.